The van der Waals surface area contributed by atoms with Crippen molar-refractivity contribution in [1.29, 1.82) is 0 Å². The molecule has 0 unspecified atom stereocenters. The summed E-state index contributed by atoms with van der Waals surface area (Å²) in [6.45, 7) is 25.4. The number of fused-ring (bicyclic) bond motifs is 2. The van der Waals surface area contributed by atoms with Crippen LogP contribution >= 0.6 is 11.3 Å². The molecule has 3 aromatic heterocycles. The third-order valence-electron chi connectivity index (χ3n) is 11.1. The Morgan fingerprint density at radius 3 is 1.98 bits per heavy atom. The van der Waals surface area contributed by atoms with E-state index in [1.807, 2.05) is 18.2 Å². The van der Waals surface area contributed by atoms with Crippen LogP contribution < -0.4 is 5.19 Å². The first-order valence-corrected chi connectivity index (χ1v) is 25.6. The van der Waals surface area contributed by atoms with Crippen molar-refractivity contribution in [3.05, 3.63) is 155 Å². The maximum atomic E-state index is 5.26. The van der Waals surface area contributed by atoms with Crippen molar-refractivity contribution in [3.63, 3.8) is 0 Å². The van der Waals surface area contributed by atoms with Crippen molar-refractivity contribution < 1.29 is 20.1 Å². The van der Waals surface area contributed by atoms with Crippen LogP contribution in [-0.2, 0) is 26.5 Å². The van der Waals surface area contributed by atoms with E-state index < -0.39 is 8.07 Å². The Balaban J connectivity index is 0.000000243. The van der Waals surface area contributed by atoms with E-state index in [2.05, 4.69) is 199 Å². The van der Waals surface area contributed by atoms with Gasteiger partial charge in [-0.2, -0.15) is 0 Å². The van der Waals surface area contributed by atoms with Crippen LogP contribution in [0.1, 0.15) is 95.4 Å². The van der Waals surface area contributed by atoms with Crippen LogP contribution in [0.4, 0.5) is 0 Å². The molecule has 0 aliphatic rings. The molecule has 3 heterocycles. The van der Waals surface area contributed by atoms with E-state index in [9.17, 15) is 0 Å². The third-order valence-corrected chi connectivity index (χ3v) is 14.1. The fourth-order valence-corrected chi connectivity index (χ4v) is 10.5. The minimum absolute atomic E-state index is 0. The van der Waals surface area contributed by atoms with Crippen molar-refractivity contribution in [3.8, 4) is 39.5 Å². The minimum atomic E-state index is -1.34. The van der Waals surface area contributed by atoms with E-state index >= 15 is 0 Å². The quantitative estimate of drug-likeness (QED) is 0.101. The molecule has 5 aromatic carbocycles. The standard InChI is InChI=1S/C36H35N2S.C18H24NSi.Ir/c1-22(2)26-16-17-28-31(21-39-34(28)20-26)36-37-32-14-10-11-15-33(32)38(36)35-29(23(3)4)18-27(19-30(35)24(5)6)25-12-8-7-9-13-25;1-14(2)11-16-12-17(15-9-7-6-8-10-15)19-13-18(16)20(3,4)5;/h7-20,22-24H,1-6H3;6-9,12-14H,11H2,1-5H3;/q2*-1;. The molecular formula is C54H59IrN3SSi-2. The van der Waals surface area contributed by atoms with Crippen molar-refractivity contribution in [2.24, 2.45) is 5.92 Å². The van der Waals surface area contributed by atoms with E-state index in [-0.39, 0.29) is 20.1 Å². The average molecular weight is 1000 g/mol. The first kappa shape index (κ1) is 45.1. The molecular weight excluding hydrogens is 943 g/mol. The third kappa shape index (κ3) is 9.69. The maximum Gasteiger partial charge on any atom is 0.0798 e. The van der Waals surface area contributed by atoms with Crippen molar-refractivity contribution in [1.82, 2.24) is 14.5 Å². The number of hydrogen-bond donors (Lipinski definition) is 0. The number of rotatable bonds is 10. The maximum absolute atomic E-state index is 5.26. The SMILES string of the molecule is CC(C)Cc1cc(-c2[c-]cccc2)ncc1[Si](C)(C)C.CC(C)c1ccc2c(-c3nc4ccccc4n3-c3c(C(C)C)cc(-c4ccccc4)cc3C(C)C)[c-]sc2c1.[Ir]. The Kier molecular flexibility index (Phi) is 14.3. The number of pyridine rings is 1. The monoisotopic (exact) mass is 1000 g/mol. The van der Waals surface area contributed by atoms with Gasteiger partial charge >= 0.3 is 0 Å². The zero-order chi connectivity index (χ0) is 42.0. The molecule has 0 aliphatic carbocycles. The Hall–Kier alpha value is -4.45. The average Bonchev–Trinajstić information content (AvgIpc) is 3.81. The van der Waals surface area contributed by atoms with Crippen molar-refractivity contribution >= 4 is 45.7 Å². The van der Waals surface area contributed by atoms with Gasteiger partial charge < -0.3 is 9.55 Å². The Bertz CT molecular complexity index is 2660. The van der Waals surface area contributed by atoms with Gasteiger partial charge in [0.25, 0.3) is 0 Å². The van der Waals surface area contributed by atoms with E-state index in [0.717, 1.165) is 40.1 Å². The second-order valence-electron chi connectivity index (χ2n) is 18.3. The molecule has 0 saturated carbocycles. The van der Waals surface area contributed by atoms with Gasteiger partial charge in [-0.1, -0.05) is 162 Å². The minimum Gasteiger partial charge on any atom is -0.333 e. The van der Waals surface area contributed by atoms with Crippen LogP contribution in [0, 0.1) is 17.4 Å². The van der Waals surface area contributed by atoms with Crippen molar-refractivity contribution in [2.45, 2.75) is 99.2 Å². The molecule has 0 atom stereocenters. The predicted octanol–water partition coefficient (Wildman–Crippen LogP) is 15.0. The van der Waals surface area contributed by atoms with Gasteiger partial charge in [0, 0.05) is 32.0 Å². The van der Waals surface area contributed by atoms with Crippen LogP contribution in [0.15, 0.2) is 121 Å². The molecule has 8 aromatic rings. The van der Waals surface area contributed by atoms with Crippen LogP contribution in [-0.4, -0.2) is 22.6 Å². The molecule has 6 heteroatoms. The van der Waals surface area contributed by atoms with Gasteiger partial charge in [-0.3, -0.25) is 16.3 Å². The van der Waals surface area contributed by atoms with Gasteiger partial charge in [0.1, 0.15) is 0 Å². The van der Waals surface area contributed by atoms with Gasteiger partial charge in [0.15, 0.2) is 0 Å². The summed E-state index contributed by atoms with van der Waals surface area (Å²) < 4.78 is 3.69. The molecule has 0 N–H and O–H groups in total. The van der Waals surface area contributed by atoms with Gasteiger partial charge in [0.05, 0.1) is 24.9 Å². The zero-order valence-electron chi connectivity index (χ0n) is 37.1. The molecule has 0 saturated heterocycles. The van der Waals surface area contributed by atoms with Gasteiger partial charge in [-0.05, 0) is 87.5 Å². The summed E-state index contributed by atoms with van der Waals surface area (Å²) in [4.78, 5) is 9.95. The second kappa shape index (κ2) is 19.1. The molecule has 0 fully saturated rings. The van der Waals surface area contributed by atoms with Crippen LogP contribution in [0.2, 0.25) is 19.6 Å². The molecule has 0 spiro atoms. The predicted molar refractivity (Wildman–Crippen MR) is 258 cm³/mol. The second-order valence-corrected chi connectivity index (χ2v) is 24.2. The molecule has 311 valence electrons. The van der Waals surface area contributed by atoms with E-state index in [4.69, 9.17) is 4.98 Å². The van der Waals surface area contributed by atoms with Gasteiger partial charge in [-0.15, -0.1) is 47.3 Å². The van der Waals surface area contributed by atoms with Crippen LogP contribution in [0.3, 0.4) is 0 Å². The smallest absolute Gasteiger partial charge is 0.0798 e. The number of nitrogens with zero attached hydrogens (tertiary/aromatic N) is 3. The normalized spacial score (nSPS) is 11.8. The first-order valence-electron chi connectivity index (χ1n) is 21.3. The Labute approximate surface area is 377 Å². The molecule has 0 bridgehead atoms. The van der Waals surface area contributed by atoms with E-state index in [0.29, 0.717) is 23.7 Å². The molecule has 1 radical (unpaired) electrons. The summed E-state index contributed by atoms with van der Waals surface area (Å²) in [5, 5.41) is 6.37. The summed E-state index contributed by atoms with van der Waals surface area (Å²) in [7, 11) is -1.34. The number of aromatic nitrogens is 3. The number of benzene rings is 5. The largest absolute Gasteiger partial charge is 0.333 e. The van der Waals surface area contributed by atoms with Gasteiger partial charge in [-0.25, -0.2) is 0 Å². The number of para-hydroxylation sites is 2. The molecule has 60 heavy (non-hydrogen) atoms. The first-order chi connectivity index (χ1) is 28.2. The molecule has 3 nitrogen and oxygen atoms in total. The fraction of sp³-hybridized carbons (Fsp3) is 0.296. The summed E-state index contributed by atoms with van der Waals surface area (Å²) in [6.07, 6.45) is 3.24. The number of thiophene rings is 1. The van der Waals surface area contributed by atoms with Crippen molar-refractivity contribution in [2.75, 3.05) is 0 Å². The van der Waals surface area contributed by atoms with E-state index in [1.54, 1.807) is 11.3 Å². The Morgan fingerprint density at radius 2 is 1.37 bits per heavy atom. The topological polar surface area (TPSA) is 30.7 Å². The summed E-state index contributed by atoms with van der Waals surface area (Å²) in [6, 6.07) is 44.5. The summed E-state index contributed by atoms with van der Waals surface area (Å²) in [5.41, 5.74) is 14.6. The Morgan fingerprint density at radius 1 is 0.700 bits per heavy atom. The van der Waals surface area contributed by atoms with Crippen LogP contribution in [0.5, 0.6) is 0 Å². The zero-order valence-corrected chi connectivity index (χ0v) is 41.4. The van der Waals surface area contributed by atoms with Gasteiger partial charge in [0.2, 0.25) is 0 Å². The summed E-state index contributed by atoms with van der Waals surface area (Å²) in [5.74, 6) is 2.81. The number of imidazole rings is 1. The molecule has 0 amide bonds. The van der Waals surface area contributed by atoms with E-state index in [1.165, 1.54) is 54.3 Å². The fourth-order valence-electron chi connectivity index (χ4n) is 8.03. The summed E-state index contributed by atoms with van der Waals surface area (Å²) >= 11 is 1.70. The molecule has 8 rings (SSSR count). The number of hydrogen-bond acceptors (Lipinski definition) is 3. The van der Waals surface area contributed by atoms with Crippen LogP contribution in [0.25, 0.3) is 60.6 Å². The molecule has 0 aliphatic heterocycles.